The molecule has 0 aromatic heterocycles. The van der Waals surface area contributed by atoms with Gasteiger partial charge in [0.2, 0.25) is 5.91 Å². The maximum Gasteiger partial charge on any atom is 0.239 e. The van der Waals surface area contributed by atoms with Gasteiger partial charge in [-0.25, -0.2) is 8.78 Å². The molecular weight excluding hydrogens is 238 g/mol. The highest BCUT2D eigenvalue weighted by Gasteiger charge is 2.23. The molecule has 0 saturated heterocycles. The fraction of sp³-hybridized carbons (Fsp3) is 0.462. The fourth-order valence-corrected chi connectivity index (χ4v) is 1.67. The Hall–Kier alpha value is -1.49. The number of nitrogens with zero attached hydrogens (tertiary/aromatic N) is 1. The third-order valence-corrected chi connectivity index (χ3v) is 3.09. The van der Waals surface area contributed by atoms with Crippen molar-refractivity contribution in [3.05, 3.63) is 35.4 Å². The van der Waals surface area contributed by atoms with E-state index < -0.39 is 23.7 Å². The van der Waals surface area contributed by atoms with Crippen LogP contribution in [-0.2, 0) is 4.79 Å². The second-order valence-electron chi connectivity index (χ2n) is 4.31. The van der Waals surface area contributed by atoms with Crippen molar-refractivity contribution in [1.29, 1.82) is 0 Å². The first kappa shape index (κ1) is 14.6. The van der Waals surface area contributed by atoms with Crippen LogP contribution in [0.2, 0.25) is 0 Å². The minimum atomic E-state index is -0.617. The molecule has 0 saturated carbocycles. The summed E-state index contributed by atoms with van der Waals surface area (Å²) in [6.45, 7) is 3.43. The number of rotatable bonds is 4. The van der Waals surface area contributed by atoms with Crippen LogP contribution in [0.5, 0.6) is 0 Å². The van der Waals surface area contributed by atoms with Crippen LogP contribution in [0.4, 0.5) is 8.78 Å². The van der Waals surface area contributed by atoms with Crippen LogP contribution in [0.25, 0.3) is 0 Å². The van der Waals surface area contributed by atoms with Crippen molar-refractivity contribution in [2.75, 3.05) is 7.05 Å². The van der Waals surface area contributed by atoms with E-state index in [0.29, 0.717) is 6.42 Å². The lowest BCUT2D eigenvalue weighted by molar-refractivity contribution is -0.133. The van der Waals surface area contributed by atoms with Crippen molar-refractivity contribution in [1.82, 2.24) is 4.90 Å². The Bertz CT molecular complexity index is 437. The van der Waals surface area contributed by atoms with Gasteiger partial charge < -0.3 is 10.6 Å². The summed E-state index contributed by atoms with van der Waals surface area (Å²) in [4.78, 5) is 13.2. The van der Waals surface area contributed by atoms with Crippen molar-refractivity contribution in [2.24, 2.45) is 5.73 Å². The lowest BCUT2D eigenvalue weighted by Gasteiger charge is -2.27. The van der Waals surface area contributed by atoms with Gasteiger partial charge in [0.15, 0.2) is 0 Å². The molecule has 2 atom stereocenters. The van der Waals surface area contributed by atoms with Crippen LogP contribution in [0, 0.1) is 11.6 Å². The first-order valence-corrected chi connectivity index (χ1v) is 5.85. The number of hydrogen-bond donors (Lipinski definition) is 1. The molecule has 18 heavy (non-hydrogen) atoms. The molecule has 0 radical (unpaired) electrons. The highest BCUT2D eigenvalue weighted by atomic mass is 19.1. The molecule has 0 fully saturated rings. The number of carbonyl (C=O) groups is 1. The molecular formula is C13H18F2N2O. The number of carbonyl (C=O) groups excluding carboxylic acids is 1. The van der Waals surface area contributed by atoms with Gasteiger partial charge in [0.25, 0.3) is 0 Å². The number of hydrogen-bond acceptors (Lipinski definition) is 2. The summed E-state index contributed by atoms with van der Waals surface area (Å²) in [6.07, 6.45) is 0.502. The summed E-state index contributed by atoms with van der Waals surface area (Å²) in [5, 5.41) is 0. The van der Waals surface area contributed by atoms with E-state index in [9.17, 15) is 13.6 Å². The molecule has 0 bridgehead atoms. The fourth-order valence-electron chi connectivity index (χ4n) is 1.67. The minimum Gasteiger partial charge on any atom is -0.338 e. The summed E-state index contributed by atoms with van der Waals surface area (Å²) < 4.78 is 26.7. The molecule has 3 nitrogen and oxygen atoms in total. The zero-order valence-corrected chi connectivity index (χ0v) is 10.8. The lowest BCUT2D eigenvalue weighted by Crippen LogP contribution is -2.42. The number of amides is 1. The average molecular weight is 256 g/mol. The standard InChI is InChI=1S/C13H18F2N2O/c1-4-12(16)13(18)17(3)8(2)10-7-9(14)5-6-11(10)15/h5-8,12H,4,16H2,1-3H3/t8?,12-/m1/s1. The van der Waals surface area contributed by atoms with E-state index in [1.54, 1.807) is 13.8 Å². The Labute approximate surface area is 106 Å². The van der Waals surface area contributed by atoms with Gasteiger partial charge in [-0.1, -0.05) is 6.92 Å². The van der Waals surface area contributed by atoms with Crippen molar-refractivity contribution in [2.45, 2.75) is 32.4 Å². The largest absolute Gasteiger partial charge is 0.338 e. The molecule has 2 N–H and O–H groups in total. The van der Waals surface area contributed by atoms with Crippen LogP contribution in [0.15, 0.2) is 18.2 Å². The van der Waals surface area contributed by atoms with Gasteiger partial charge in [-0.05, 0) is 31.5 Å². The molecule has 0 aliphatic carbocycles. The molecule has 1 amide bonds. The highest BCUT2D eigenvalue weighted by Crippen LogP contribution is 2.23. The van der Waals surface area contributed by atoms with Gasteiger partial charge in [-0.15, -0.1) is 0 Å². The zero-order valence-electron chi connectivity index (χ0n) is 10.8. The number of nitrogens with two attached hydrogens (primary N) is 1. The minimum absolute atomic E-state index is 0.147. The maximum atomic E-state index is 13.6. The maximum absolute atomic E-state index is 13.6. The summed E-state index contributed by atoms with van der Waals surface area (Å²) in [5.41, 5.74) is 5.79. The van der Waals surface area contributed by atoms with Crippen LogP contribution in [0.3, 0.4) is 0 Å². The molecule has 1 aromatic carbocycles. The predicted octanol–water partition coefficient (Wildman–Crippen LogP) is 2.22. The van der Waals surface area contributed by atoms with Crippen LogP contribution >= 0.6 is 0 Å². The van der Waals surface area contributed by atoms with E-state index in [1.807, 2.05) is 0 Å². The van der Waals surface area contributed by atoms with E-state index in [0.717, 1.165) is 18.2 Å². The first-order chi connectivity index (χ1) is 8.38. The Morgan fingerprint density at radius 1 is 1.44 bits per heavy atom. The Balaban J connectivity index is 2.96. The van der Waals surface area contributed by atoms with E-state index in [-0.39, 0.29) is 11.5 Å². The summed E-state index contributed by atoms with van der Waals surface area (Å²) in [5.74, 6) is -1.35. The third kappa shape index (κ3) is 3.04. The number of halogens is 2. The van der Waals surface area contributed by atoms with Crippen LogP contribution in [0.1, 0.15) is 31.9 Å². The quantitative estimate of drug-likeness (QED) is 0.897. The van der Waals surface area contributed by atoms with E-state index in [4.69, 9.17) is 5.73 Å². The van der Waals surface area contributed by atoms with Crippen LogP contribution in [-0.4, -0.2) is 23.9 Å². The zero-order chi connectivity index (χ0) is 13.9. The van der Waals surface area contributed by atoms with Gasteiger partial charge in [0.1, 0.15) is 11.6 Å². The molecule has 0 aliphatic rings. The van der Waals surface area contributed by atoms with Crippen LogP contribution < -0.4 is 5.73 Å². The van der Waals surface area contributed by atoms with Crippen molar-refractivity contribution < 1.29 is 13.6 Å². The first-order valence-electron chi connectivity index (χ1n) is 5.85. The Morgan fingerprint density at radius 3 is 2.61 bits per heavy atom. The summed E-state index contributed by atoms with van der Waals surface area (Å²) in [6, 6.07) is 2.02. The molecule has 100 valence electrons. The lowest BCUT2D eigenvalue weighted by atomic mass is 10.1. The molecule has 1 aromatic rings. The average Bonchev–Trinajstić information content (AvgIpc) is 2.38. The van der Waals surface area contributed by atoms with Gasteiger partial charge in [-0.3, -0.25) is 4.79 Å². The van der Waals surface area contributed by atoms with Crippen molar-refractivity contribution in [3.63, 3.8) is 0 Å². The Kier molecular flexibility index (Phi) is 4.78. The van der Waals surface area contributed by atoms with Gasteiger partial charge in [-0.2, -0.15) is 0 Å². The SMILES string of the molecule is CC[C@@H](N)C(=O)N(C)C(C)c1cc(F)ccc1F. The predicted molar refractivity (Wildman–Crippen MR) is 65.8 cm³/mol. The van der Waals surface area contributed by atoms with E-state index >= 15 is 0 Å². The molecule has 0 heterocycles. The molecule has 5 heteroatoms. The topological polar surface area (TPSA) is 46.3 Å². The third-order valence-electron chi connectivity index (χ3n) is 3.09. The highest BCUT2D eigenvalue weighted by molar-refractivity contribution is 5.81. The van der Waals surface area contributed by atoms with Gasteiger partial charge in [0.05, 0.1) is 12.1 Å². The normalized spacial score (nSPS) is 14.1. The second kappa shape index (κ2) is 5.91. The van der Waals surface area contributed by atoms with Gasteiger partial charge >= 0.3 is 0 Å². The number of likely N-dealkylation sites (N-methyl/N-ethyl adjacent to an activating group) is 1. The van der Waals surface area contributed by atoms with E-state index in [1.165, 1.54) is 11.9 Å². The second-order valence-corrected chi connectivity index (χ2v) is 4.31. The Morgan fingerprint density at radius 2 is 2.06 bits per heavy atom. The van der Waals surface area contributed by atoms with E-state index in [2.05, 4.69) is 0 Å². The number of benzene rings is 1. The van der Waals surface area contributed by atoms with Crippen molar-refractivity contribution in [3.8, 4) is 0 Å². The molecule has 0 spiro atoms. The van der Waals surface area contributed by atoms with Gasteiger partial charge in [0, 0.05) is 12.6 Å². The molecule has 0 aliphatic heterocycles. The molecule has 1 rings (SSSR count). The van der Waals surface area contributed by atoms with Crippen molar-refractivity contribution >= 4 is 5.91 Å². The molecule has 1 unspecified atom stereocenters. The smallest absolute Gasteiger partial charge is 0.239 e. The monoisotopic (exact) mass is 256 g/mol. The summed E-state index contributed by atoms with van der Waals surface area (Å²) >= 11 is 0. The summed E-state index contributed by atoms with van der Waals surface area (Å²) in [7, 11) is 1.53.